The minimum atomic E-state index is 0. The van der Waals surface area contributed by atoms with Gasteiger partial charge >= 0.3 is 0 Å². The molecule has 2 fully saturated rings. The molecule has 98 valence electrons. The minimum absolute atomic E-state index is 0. The van der Waals surface area contributed by atoms with E-state index in [0.29, 0.717) is 24.8 Å². The van der Waals surface area contributed by atoms with Crippen LogP contribution in [0.15, 0.2) is 4.99 Å². The van der Waals surface area contributed by atoms with Crippen LogP contribution in [0.3, 0.4) is 0 Å². The third kappa shape index (κ3) is 3.72. The van der Waals surface area contributed by atoms with Gasteiger partial charge in [-0.05, 0) is 18.8 Å². The number of rotatable bonds is 2. The van der Waals surface area contributed by atoms with E-state index in [0.717, 1.165) is 26.1 Å². The van der Waals surface area contributed by atoms with E-state index in [1.165, 1.54) is 6.42 Å². The van der Waals surface area contributed by atoms with E-state index < -0.39 is 0 Å². The summed E-state index contributed by atoms with van der Waals surface area (Å²) in [6.07, 6.45) is 2.87. The SMILES string of the molecule is CN1CCC(CN=C(N)N2CCC2)CC1=O.I. The fourth-order valence-corrected chi connectivity index (χ4v) is 2.03. The zero-order chi connectivity index (χ0) is 11.5. The second kappa shape index (κ2) is 6.42. The summed E-state index contributed by atoms with van der Waals surface area (Å²) in [7, 11) is 1.86. The number of guanidine groups is 1. The summed E-state index contributed by atoms with van der Waals surface area (Å²) < 4.78 is 0. The molecule has 0 aromatic heterocycles. The molecule has 2 heterocycles. The Labute approximate surface area is 119 Å². The van der Waals surface area contributed by atoms with E-state index in [4.69, 9.17) is 5.73 Å². The largest absolute Gasteiger partial charge is 0.370 e. The minimum Gasteiger partial charge on any atom is -0.370 e. The number of amides is 1. The number of carbonyl (C=O) groups is 1. The molecule has 5 nitrogen and oxygen atoms in total. The van der Waals surface area contributed by atoms with Crippen LogP contribution in [-0.4, -0.2) is 54.9 Å². The van der Waals surface area contributed by atoms with Crippen LogP contribution in [0.4, 0.5) is 0 Å². The van der Waals surface area contributed by atoms with Gasteiger partial charge in [0.25, 0.3) is 0 Å². The molecule has 1 amide bonds. The average molecular weight is 352 g/mol. The summed E-state index contributed by atoms with van der Waals surface area (Å²) in [5.74, 6) is 1.26. The Bertz CT molecular complexity index is 304. The summed E-state index contributed by atoms with van der Waals surface area (Å²) in [4.78, 5) is 19.7. The molecule has 2 N–H and O–H groups in total. The lowest BCUT2D eigenvalue weighted by atomic mass is 9.97. The van der Waals surface area contributed by atoms with Crippen molar-refractivity contribution in [3.63, 3.8) is 0 Å². The van der Waals surface area contributed by atoms with Crippen LogP contribution in [-0.2, 0) is 4.79 Å². The number of aliphatic imine (C=N–C) groups is 1. The summed E-state index contributed by atoms with van der Waals surface area (Å²) >= 11 is 0. The molecule has 0 spiro atoms. The van der Waals surface area contributed by atoms with Gasteiger partial charge in [-0.15, -0.1) is 24.0 Å². The Morgan fingerprint density at radius 3 is 2.71 bits per heavy atom. The van der Waals surface area contributed by atoms with E-state index >= 15 is 0 Å². The van der Waals surface area contributed by atoms with Crippen molar-refractivity contribution in [1.29, 1.82) is 0 Å². The maximum Gasteiger partial charge on any atom is 0.222 e. The normalized spacial score (nSPS) is 25.4. The third-order valence-corrected chi connectivity index (χ3v) is 3.45. The van der Waals surface area contributed by atoms with Gasteiger partial charge in [0.2, 0.25) is 5.91 Å². The van der Waals surface area contributed by atoms with E-state index in [9.17, 15) is 4.79 Å². The maximum atomic E-state index is 11.5. The molecule has 0 aromatic rings. The van der Waals surface area contributed by atoms with Crippen molar-refractivity contribution in [3.05, 3.63) is 0 Å². The van der Waals surface area contributed by atoms with Gasteiger partial charge in [-0.3, -0.25) is 9.79 Å². The molecule has 0 bridgehead atoms. The molecule has 0 saturated carbocycles. The van der Waals surface area contributed by atoms with Crippen LogP contribution >= 0.6 is 24.0 Å². The van der Waals surface area contributed by atoms with Gasteiger partial charge in [-0.25, -0.2) is 0 Å². The molecule has 1 unspecified atom stereocenters. The number of nitrogens with two attached hydrogens (primary N) is 1. The van der Waals surface area contributed by atoms with Gasteiger partial charge in [-0.2, -0.15) is 0 Å². The molecule has 2 rings (SSSR count). The first-order valence-corrected chi connectivity index (χ1v) is 5.95. The average Bonchev–Trinajstić information content (AvgIpc) is 2.17. The van der Waals surface area contributed by atoms with E-state index in [1.54, 1.807) is 4.90 Å². The number of hydrogen-bond acceptors (Lipinski definition) is 2. The highest BCUT2D eigenvalue weighted by atomic mass is 127. The first-order chi connectivity index (χ1) is 7.66. The Hall–Kier alpha value is -0.530. The van der Waals surface area contributed by atoms with E-state index in [2.05, 4.69) is 9.89 Å². The quantitative estimate of drug-likeness (QED) is 0.447. The molecular formula is C11H21IN4O. The van der Waals surface area contributed by atoms with Gasteiger partial charge in [-0.1, -0.05) is 0 Å². The zero-order valence-corrected chi connectivity index (χ0v) is 12.6. The summed E-state index contributed by atoms with van der Waals surface area (Å²) in [6.45, 7) is 3.61. The number of likely N-dealkylation sites (tertiary alicyclic amines) is 2. The first-order valence-electron chi connectivity index (χ1n) is 5.95. The molecule has 17 heavy (non-hydrogen) atoms. The second-order valence-electron chi connectivity index (χ2n) is 4.71. The lowest BCUT2D eigenvalue weighted by Gasteiger charge is -2.32. The van der Waals surface area contributed by atoms with Crippen molar-refractivity contribution in [1.82, 2.24) is 9.80 Å². The molecule has 0 aromatic carbocycles. The highest BCUT2D eigenvalue weighted by Gasteiger charge is 2.23. The van der Waals surface area contributed by atoms with Crippen molar-refractivity contribution in [2.45, 2.75) is 19.3 Å². The van der Waals surface area contributed by atoms with Gasteiger partial charge in [0.1, 0.15) is 0 Å². The monoisotopic (exact) mass is 352 g/mol. The third-order valence-electron chi connectivity index (χ3n) is 3.45. The van der Waals surface area contributed by atoms with Crippen LogP contribution in [0.1, 0.15) is 19.3 Å². The Balaban J connectivity index is 0.00000144. The molecule has 0 aliphatic carbocycles. The molecule has 1 atom stereocenters. The lowest BCUT2D eigenvalue weighted by Crippen LogP contribution is -2.46. The smallest absolute Gasteiger partial charge is 0.222 e. The van der Waals surface area contributed by atoms with Crippen molar-refractivity contribution in [2.24, 2.45) is 16.6 Å². The zero-order valence-electron chi connectivity index (χ0n) is 10.3. The number of hydrogen-bond donors (Lipinski definition) is 1. The van der Waals surface area contributed by atoms with Gasteiger partial charge < -0.3 is 15.5 Å². The molecule has 2 aliphatic heterocycles. The van der Waals surface area contributed by atoms with Crippen LogP contribution in [0, 0.1) is 5.92 Å². The highest BCUT2D eigenvalue weighted by Crippen LogP contribution is 2.17. The predicted octanol–water partition coefficient (Wildman–Crippen LogP) is 0.493. The number of piperidine rings is 1. The predicted molar refractivity (Wildman–Crippen MR) is 78.5 cm³/mol. The van der Waals surface area contributed by atoms with Crippen molar-refractivity contribution in [3.8, 4) is 0 Å². The van der Waals surface area contributed by atoms with Crippen LogP contribution < -0.4 is 5.73 Å². The lowest BCUT2D eigenvalue weighted by molar-refractivity contribution is -0.133. The van der Waals surface area contributed by atoms with Crippen molar-refractivity contribution < 1.29 is 4.79 Å². The first kappa shape index (κ1) is 14.5. The number of carbonyl (C=O) groups excluding carboxylic acids is 1. The molecule has 0 radical (unpaired) electrons. The fraction of sp³-hybridized carbons (Fsp3) is 0.818. The molecular weight excluding hydrogens is 331 g/mol. The summed E-state index contributed by atoms with van der Waals surface area (Å²) in [5.41, 5.74) is 5.84. The van der Waals surface area contributed by atoms with Crippen molar-refractivity contribution >= 4 is 35.8 Å². The van der Waals surface area contributed by atoms with E-state index in [-0.39, 0.29) is 29.9 Å². The van der Waals surface area contributed by atoms with Gasteiger partial charge in [0.05, 0.1) is 0 Å². The molecule has 6 heteroatoms. The van der Waals surface area contributed by atoms with Gasteiger partial charge in [0, 0.05) is 39.6 Å². The standard InChI is InChI=1S/C11H20N4O.HI/c1-14-6-3-9(7-10(14)16)8-13-11(12)15-4-2-5-15;/h9H,2-8H2,1H3,(H2,12,13);1H. The summed E-state index contributed by atoms with van der Waals surface area (Å²) in [5, 5.41) is 0. The fourth-order valence-electron chi connectivity index (χ4n) is 2.03. The van der Waals surface area contributed by atoms with E-state index in [1.807, 2.05) is 7.05 Å². The van der Waals surface area contributed by atoms with Crippen molar-refractivity contribution in [2.75, 3.05) is 33.2 Å². The Morgan fingerprint density at radius 2 is 2.18 bits per heavy atom. The Kier molecular flexibility index (Phi) is 5.48. The topological polar surface area (TPSA) is 61.9 Å². The number of nitrogens with zero attached hydrogens (tertiary/aromatic N) is 3. The summed E-state index contributed by atoms with van der Waals surface area (Å²) in [6, 6.07) is 0. The van der Waals surface area contributed by atoms with Crippen LogP contribution in [0.25, 0.3) is 0 Å². The molecule has 2 aliphatic rings. The molecule has 2 saturated heterocycles. The number of halogens is 1. The van der Waals surface area contributed by atoms with Crippen LogP contribution in [0.2, 0.25) is 0 Å². The highest BCUT2D eigenvalue weighted by molar-refractivity contribution is 14.0. The second-order valence-corrected chi connectivity index (χ2v) is 4.71. The maximum absolute atomic E-state index is 11.5. The Morgan fingerprint density at radius 1 is 1.47 bits per heavy atom. The van der Waals surface area contributed by atoms with Gasteiger partial charge in [0.15, 0.2) is 5.96 Å². The van der Waals surface area contributed by atoms with Crippen LogP contribution in [0.5, 0.6) is 0 Å².